The summed E-state index contributed by atoms with van der Waals surface area (Å²) in [5.41, 5.74) is 0.607. The molecule has 1 unspecified atom stereocenters. The van der Waals surface area contributed by atoms with Crippen molar-refractivity contribution >= 4 is 10.5 Å². The number of benzene rings is 1. The second-order valence-electron chi connectivity index (χ2n) is 2.55. The number of phenols is 1. The Labute approximate surface area is 76.6 Å². The van der Waals surface area contributed by atoms with Crippen molar-refractivity contribution in [1.29, 1.82) is 0 Å². The fourth-order valence-corrected chi connectivity index (χ4v) is 1.63. The van der Waals surface area contributed by atoms with Crippen molar-refractivity contribution in [1.82, 2.24) is 0 Å². The van der Waals surface area contributed by atoms with Crippen molar-refractivity contribution in [3.63, 3.8) is 0 Å². The molecule has 0 spiro atoms. The first-order valence-corrected chi connectivity index (χ1v) is 4.80. The zero-order valence-corrected chi connectivity index (χ0v) is 7.71. The third-order valence-electron chi connectivity index (χ3n) is 1.45. The van der Waals surface area contributed by atoms with Gasteiger partial charge in [-0.25, -0.2) is 0 Å². The Morgan fingerprint density at radius 1 is 1.46 bits per heavy atom. The Morgan fingerprint density at radius 2 is 2.08 bits per heavy atom. The molecular formula is C7H9NO4S+. The number of rotatable bonds is 2. The van der Waals surface area contributed by atoms with E-state index in [1.807, 2.05) is 0 Å². The Balaban J connectivity index is 3.23. The Kier molecular flexibility index (Phi) is 2.67. The molecule has 0 fully saturated rings. The van der Waals surface area contributed by atoms with Gasteiger partial charge in [-0.3, -0.25) is 0 Å². The maximum absolute atomic E-state index is 11.0. The summed E-state index contributed by atoms with van der Waals surface area (Å²) in [6.07, 6.45) is 0. The third kappa shape index (κ3) is 2.25. The molecule has 13 heavy (non-hydrogen) atoms. The number of phenolic OH excluding ortho intramolecular Hbond substituents is 1. The fraction of sp³-hybridized carbons (Fsp3) is 0.143. The van der Waals surface area contributed by atoms with Gasteiger partial charge in [-0.15, -0.1) is 0 Å². The zero-order chi connectivity index (χ0) is 10.1. The lowest BCUT2D eigenvalue weighted by molar-refractivity contribution is 0.261. The second-order valence-corrected chi connectivity index (χ2v) is 4.13. The molecule has 3 N–H and O–H groups in total. The molecule has 0 heterocycles. The maximum Gasteiger partial charge on any atom is 0.447 e. The van der Waals surface area contributed by atoms with E-state index in [1.54, 1.807) is 6.92 Å². The highest BCUT2D eigenvalue weighted by atomic mass is 32.3. The molecule has 1 rings (SSSR count). The largest absolute Gasteiger partial charge is 0.508 e. The number of hydrogen-bond donors (Lipinski definition) is 2. The Hall–Kier alpha value is -0.950. The highest BCUT2D eigenvalue weighted by molar-refractivity contribution is 7.92. The van der Waals surface area contributed by atoms with Crippen LogP contribution in [0, 0.1) is 6.92 Å². The van der Waals surface area contributed by atoms with Crippen LogP contribution < -0.4 is 5.90 Å². The Bertz CT molecular complexity index is 345. The van der Waals surface area contributed by atoms with Crippen molar-refractivity contribution in [2.45, 2.75) is 11.8 Å². The maximum atomic E-state index is 11.0. The van der Waals surface area contributed by atoms with E-state index < -0.39 is 10.5 Å². The molecular weight excluding hydrogens is 194 g/mol. The van der Waals surface area contributed by atoms with Gasteiger partial charge in [0.15, 0.2) is 0 Å². The lowest BCUT2D eigenvalue weighted by atomic mass is 10.2. The van der Waals surface area contributed by atoms with E-state index in [9.17, 15) is 8.76 Å². The van der Waals surface area contributed by atoms with Crippen LogP contribution in [0.4, 0.5) is 0 Å². The molecule has 0 aliphatic heterocycles. The first-order chi connectivity index (χ1) is 5.95. The number of nitrogens with two attached hydrogens (primary N) is 1. The molecule has 1 atom stereocenters. The predicted octanol–water partition coefficient (Wildman–Crippen LogP) is 0.710. The Morgan fingerprint density at radius 3 is 2.54 bits per heavy atom. The standard InChI is InChI=1S/C7H9NO4S/c1-5-2-6(9)4-7(3-5)13(10,11)12-8/h2-4,9H,8H2,1H3/q+1. The van der Waals surface area contributed by atoms with E-state index in [0.717, 1.165) is 6.07 Å². The van der Waals surface area contributed by atoms with Crippen molar-refractivity contribution < 1.29 is 18.2 Å². The van der Waals surface area contributed by atoms with Crippen molar-refractivity contribution in [3.8, 4) is 5.75 Å². The van der Waals surface area contributed by atoms with Crippen LogP contribution in [-0.4, -0.2) is 5.11 Å². The molecule has 0 bridgehead atoms. The van der Waals surface area contributed by atoms with Crippen molar-refractivity contribution in [2.75, 3.05) is 0 Å². The average Bonchev–Trinajstić information content (AvgIpc) is 2.02. The summed E-state index contributed by atoms with van der Waals surface area (Å²) in [4.78, 5) is -0.160. The minimum absolute atomic E-state index is 0.143. The summed E-state index contributed by atoms with van der Waals surface area (Å²) < 4.78 is 25.9. The monoisotopic (exact) mass is 203 g/mol. The summed E-state index contributed by atoms with van der Waals surface area (Å²) in [7, 11) is -3.93. The third-order valence-corrected chi connectivity index (χ3v) is 2.52. The minimum atomic E-state index is -3.93. The molecule has 71 valence electrons. The van der Waals surface area contributed by atoms with Crippen LogP contribution in [0.2, 0.25) is 0 Å². The molecule has 1 radical (unpaired) electrons. The van der Waals surface area contributed by atoms with E-state index in [1.165, 1.54) is 12.1 Å². The first kappa shape index (κ1) is 10.1. The number of hydrogen-bond acceptors (Lipinski definition) is 4. The number of aromatic hydroxyl groups is 1. The van der Waals surface area contributed by atoms with Gasteiger partial charge in [0, 0.05) is 12.1 Å². The zero-order valence-electron chi connectivity index (χ0n) is 6.89. The quantitative estimate of drug-likeness (QED) is 0.546. The average molecular weight is 203 g/mol. The van der Waals surface area contributed by atoms with Gasteiger partial charge in [0.05, 0.1) is 4.55 Å². The van der Waals surface area contributed by atoms with Crippen molar-refractivity contribution in [3.05, 3.63) is 23.8 Å². The molecule has 0 saturated heterocycles. The smallest absolute Gasteiger partial charge is 0.447 e. The molecule has 0 aliphatic rings. The topological polar surface area (TPSA) is 92.4 Å². The highest BCUT2D eigenvalue weighted by Crippen LogP contribution is 2.23. The normalized spacial score (nSPS) is 15.3. The summed E-state index contributed by atoms with van der Waals surface area (Å²) in [5, 5.41) is 9.09. The van der Waals surface area contributed by atoms with Crippen LogP contribution in [-0.2, 0) is 23.5 Å². The first-order valence-electron chi connectivity index (χ1n) is 3.40. The summed E-state index contributed by atoms with van der Waals surface area (Å²) >= 11 is 0. The van der Waals surface area contributed by atoms with Gasteiger partial charge in [0.1, 0.15) is 5.75 Å². The highest BCUT2D eigenvalue weighted by Gasteiger charge is 2.34. The predicted molar refractivity (Wildman–Crippen MR) is 45.1 cm³/mol. The van der Waals surface area contributed by atoms with Gasteiger partial charge >= 0.3 is 10.5 Å². The molecule has 0 saturated carbocycles. The van der Waals surface area contributed by atoms with Gasteiger partial charge in [-0.1, -0.05) is 0 Å². The van der Waals surface area contributed by atoms with Gasteiger partial charge in [0.25, 0.3) is 0 Å². The van der Waals surface area contributed by atoms with E-state index in [0.29, 0.717) is 5.56 Å². The van der Waals surface area contributed by atoms with E-state index in [2.05, 4.69) is 10.2 Å². The lowest BCUT2D eigenvalue weighted by Gasteiger charge is -1.98. The molecule has 0 amide bonds. The molecule has 0 aliphatic carbocycles. The van der Waals surface area contributed by atoms with Gasteiger partial charge < -0.3 is 5.11 Å². The van der Waals surface area contributed by atoms with Crippen LogP contribution in [0.3, 0.4) is 0 Å². The molecule has 1 aromatic carbocycles. The SMILES string of the molecule is Cc1cc(O)cc([S+]([O])(=O)ON)c1. The van der Waals surface area contributed by atoms with Gasteiger partial charge in [-0.2, -0.15) is 5.90 Å². The second kappa shape index (κ2) is 3.43. The van der Waals surface area contributed by atoms with Gasteiger partial charge in [-0.05, 0) is 27.0 Å². The fourth-order valence-electron chi connectivity index (χ4n) is 0.928. The van der Waals surface area contributed by atoms with Gasteiger partial charge in [0.2, 0.25) is 4.90 Å². The van der Waals surface area contributed by atoms with Crippen LogP contribution in [0.15, 0.2) is 23.1 Å². The number of aryl methyl sites for hydroxylation is 1. The van der Waals surface area contributed by atoms with E-state index >= 15 is 0 Å². The van der Waals surface area contributed by atoms with E-state index in [4.69, 9.17) is 5.11 Å². The van der Waals surface area contributed by atoms with Crippen LogP contribution in [0.5, 0.6) is 5.75 Å². The molecule has 6 heteroatoms. The molecule has 1 aromatic rings. The minimum Gasteiger partial charge on any atom is -0.508 e. The molecule has 0 aromatic heterocycles. The van der Waals surface area contributed by atoms with Crippen LogP contribution in [0.25, 0.3) is 0 Å². The summed E-state index contributed by atoms with van der Waals surface area (Å²) in [6.45, 7) is 1.65. The van der Waals surface area contributed by atoms with Crippen molar-refractivity contribution in [2.24, 2.45) is 5.90 Å². The summed E-state index contributed by atoms with van der Waals surface area (Å²) in [5.74, 6) is 4.43. The molecule has 5 nitrogen and oxygen atoms in total. The van der Waals surface area contributed by atoms with E-state index in [-0.39, 0.29) is 10.6 Å². The van der Waals surface area contributed by atoms with Crippen LogP contribution in [0.1, 0.15) is 5.56 Å². The summed E-state index contributed by atoms with van der Waals surface area (Å²) in [6, 6.07) is 3.84. The van der Waals surface area contributed by atoms with Crippen LogP contribution >= 0.6 is 0 Å². The lowest BCUT2D eigenvalue weighted by Crippen LogP contribution is -2.16.